The van der Waals surface area contributed by atoms with Crippen molar-refractivity contribution >= 4 is 23.3 Å². The number of nitrogens with zero attached hydrogens (tertiary/aromatic N) is 2. The summed E-state index contributed by atoms with van der Waals surface area (Å²) in [6.45, 7) is 4.53. The molecule has 0 aliphatic carbocycles. The van der Waals surface area contributed by atoms with E-state index >= 15 is 0 Å². The van der Waals surface area contributed by atoms with E-state index in [1.165, 1.54) is 12.1 Å². The van der Waals surface area contributed by atoms with E-state index in [1.807, 2.05) is 32.0 Å². The van der Waals surface area contributed by atoms with Crippen molar-refractivity contribution in [2.45, 2.75) is 27.0 Å². The molecular weight excluding hydrogens is 433 g/mol. The molecule has 0 fully saturated rings. The van der Waals surface area contributed by atoms with E-state index in [9.17, 15) is 9.18 Å². The molecule has 8 heteroatoms. The van der Waals surface area contributed by atoms with Crippen LogP contribution in [-0.2, 0) is 13.2 Å². The molecule has 0 radical (unpaired) electrons. The Morgan fingerprint density at radius 1 is 1.12 bits per heavy atom. The normalized spacial score (nSPS) is 10.9. The van der Waals surface area contributed by atoms with E-state index in [0.29, 0.717) is 12.3 Å². The van der Waals surface area contributed by atoms with Crippen LogP contribution in [0.25, 0.3) is 0 Å². The molecular formula is C24H21ClFN3O3. The van der Waals surface area contributed by atoms with Gasteiger partial charge >= 0.3 is 0 Å². The first-order chi connectivity index (χ1) is 15.4. The summed E-state index contributed by atoms with van der Waals surface area (Å²) >= 11 is 6.21. The van der Waals surface area contributed by atoms with Crippen molar-refractivity contribution in [3.63, 3.8) is 0 Å². The largest absolute Gasteiger partial charge is 0.485 e. The zero-order valence-corrected chi connectivity index (χ0v) is 18.3. The van der Waals surface area contributed by atoms with Crippen LogP contribution in [0.1, 0.15) is 33.0 Å². The van der Waals surface area contributed by atoms with Crippen molar-refractivity contribution in [1.82, 2.24) is 9.78 Å². The summed E-state index contributed by atoms with van der Waals surface area (Å²) in [5, 5.41) is 7.22. The first-order valence-electron chi connectivity index (χ1n) is 9.95. The SMILES string of the molecule is Cc1cccc(C)c1OCc1ccc(C(=O)Nc2nn(Cc3ccc(F)cc3)cc2Cl)o1. The maximum absolute atomic E-state index is 13.1. The van der Waals surface area contributed by atoms with E-state index < -0.39 is 5.91 Å². The molecule has 2 aromatic carbocycles. The standard InChI is InChI=1S/C24H21ClFN3O3/c1-15-4-3-5-16(2)22(15)31-14-19-10-11-21(32-19)24(30)27-23-20(25)13-29(28-23)12-17-6-8-18(26)9-7-17/h3-11,13H,12,14H2,1-2H3,(H,27,28,30). The summed E-state index contributed by atoms with van der Waals surface area (Å²) in [6, 6.07) is 15.3. The summed E-state index contributed by atoms with van der Waals surface area (Å²) in [5.41, 5.74) is 2.91. The lowest BCUT2D eigenvalue weighted by Gasteiger charge is -2.10. The van der Waals surface area contributed by atoms with Crippen LogP contribution < -0.4 is 10.1 Å². The Labute approximate surface area is 189 Å². The molecule has 1 amide bonds. The summed E-state index contributed by atoms with van der Waals surface area (Å²) < 4.78 is 26.1. The topological polar surface area (TPSA) is 69.3 Å². The molecule has 0 unspecified atom stereocenters. The van der Waals surface area contributed by atoms with Gasteiger partial charge in [-0.2, -0.15) is 5.10 Å². The van der Waals surface area contributed by atoms with Gasteiger partial charge in [-0.1, -0.05) is 41.9 Å². The second kappa shape index (κ2) is 9.28. The van der Waals surface area contributed by atoms with Crippen LogP contribution >= 0.6 is 11.6 Å². The molecule has 0 aliphatic heterocycles. The van der Waals surface area contributed by atoms with Crippen LogP contribution in [0.3, 0.4) is 0 Å². The lowest BCUT2D eigenvalue weighted by atomic mass is 10.1. The van der Waals surface area contributed by atoms with Crippen molar-refractivity contribution in [3.05, 3.63) is 99.8 Å². The molecule has 0 aliphatic rings. The van der Waals surface area contributed by atoms with Crippen LogP contribution in [0.5, 0.6) is 5.75 Å². The molecule has 0 atom stereocenters. The Bertz CT molecular complexity index is 1230. The van der Waals surface area contributed by atoms with Gasteiger partial charge in [-0.25, -0.2) is 4.39 Å². The highest BCUT2D eigenvalue weighted by molar-refractivity contribution is 6.33. The van der Waals surface area contributed by atoms with Gasteiger partial charge in [-0.15, -0.1) is 0 Å². The number of ether oxygens (including phenoxy) is 1. The molecule has 32 heavy (non-hydrogen) atoms. The van der Waals surface area contributed by atoms with Crippen LogP contribution in [0, 0.1) is 19.7 Å². The number of benzene rings is 2. The first kappa shape index (κ1) is 21.6. The Balaban J connectivity index is 1.39. The average Bonchev–Trinajstić information content (AvgIpc) is 3.36. The van der Waals surface area contributed by atoms with E-state index in [0.717, 1.165) is 22.4 Å². The highest BCUT2D eigenvalue weighted by Gasteiger charge is 2.16. The molecule has 0 saturated carbocycles. The molecule has 4 rings (SSSR count). The number of aromatic nitrogens is 2. The van der Waals surface area contributed by atoms with Gasteiger partial charge in [0, 0.05) is 6.20 Å². The highest BCUT2D eigenvalue weighted by atomic mass is 35.5. The number of carbonyl (C=O) groups is 1. The van der Waals surface area contributed by atoms with Crippen molar-refractivity contribution < 1.29 is 18.3 Å². The minimum absolute atomic E-state index is 0.120. The third-order valence-electron chi connectivity index (χ3n) is 4.86. The maximum Gasteiger partial charge on any atom is 0.292 e. The summed E-state index contributed by atoms with van der Waals surface area (Å²) in [4.78, 5) is 12.6. The zero-order chi connectivity index (χ0) is 22.7. The Hall–Kier alpha value is -3.58. The molecule has 0 spiro atoms. The van der Waals surface area contributed by atoms with Gasteiger partial charge < -0.3 is 14.5 Å². The Morgan fingerprint density at radius 3 is 2.56 bits per heavy atom. The summed E-state index contributed by atoms with van der Waals surface area (Å²) in [5.74, 6) is 0.867. The third kappa shape index (κ3) is 5.00. The number of amides is 1. The van der Waals surface area contributed by atoms with Crippen molar-refractivity contribution in [3.8, 4) is 5.75 Å². The number of aryl methyl sites for hydroxylation is 2. The molecule has 164 valence electrons. The van der Waals surface area contributed by atoms with E-state index in [1.54, 1.807) is 35.1 Å². The van der Waals surface area contributed by atoms with E-state index in [2.05, 4.69) is 10.4 Å². The number of halogens is 2. The fourth-order valence-corrected chi connectivity index (χ4v) is 3.45. The van der Waals surface area contributed by atoms with Gasteiger partial charge in [-0.3, -0.25) is 9.48 Å². The molecule has 0 bridgehead atoms. The van der Waals surface area contributed by atoms with Crippen LogP contribution in [0.4, 0.5) is 10.2 Å². The Morgan fingerprint density at radius 2 is 1.84 bits per heavy atom. The summed E-state index contributed by atoms with van der Waals surface area (Å²) in [7, 11) is 0. The van der Waals surface area contributed by atoms with Gasteiger partial charge in [0.1, 0.15) is 29.0 Å². The van der Waals surface area contributed by atoms with Gasteiger partial charge in [0.15, 0.2) is 11.6 Å². The predicted molar refractivity (Wildman–Crippen MR) is 120 cm³/mol. The zero-order valence-electron chi connectivity index (χ0n) is 17.6. The van der Waals surface area contributed by atoms with E-state index in [-0.39, 0.29) is 29.0 Å². The monoisotopic (exact) mass is 453 g/mol. The highest BCUT2D eigenvalue weighted by Crippen LogP contribution is 2.24. The second-order valence-electron chi connectivity index (χ2n) is 7.38. The molecule has 2 aromatic heterocycles. The molecule has 0 saturated heterocycles. The lowest BCUT2D eigenvalue weighted by molar-refractivity contribution is 0.0992. The third-order valence-corrected chi connectivity index (χ3v) is 5.14. The summed E-state index contributed by atoms with van der Waals surface area (Å²) in [6.07, 6.45) is 1.59. The number of para-hydroxylation sites is 1. The van der Waals surface area contributed by atoms with Gasteiger partial charge in [0.25, 0.3) is 5.91 Å². The van der Waals surface area contributed by atoms with Crippen molar-refractivity contribution in [2.75, 3.05) is 5.32 Å². The lowest BCUT2D eigenvalue weighted by Crippen LogP contribution is -2.12. The number of anilines is 1. The fraction of sp³-hybridized carbons (Fsp3) is 0.167. The molecule has 1 N–H and O–H groups in total. The van der Waals surface area contributed by atoms with Crippen LogP contribution in [0.15, 0.2) is 65.2 Å². The minimum atomic E-state index is -0.475. The number of carbonyl (C=O) groups excluding carboxylic acids is 1. The maximum atomic E-state index is 13.1. The predicted octanol–water partition coefficient (Wildman–Crippen LogP) is 5.77. The number of hydrogen-bond donors (Lipinski definition) is 1. The minimum Gasteiger partial charge on any atom is -0.485 e. The Kier molecular flexibility index (Phi) is 6.28. The van der Waals surface area contributed by atoms with Gasteiger partial charge in [-0.05, 0) is 54.8 Å². The number of nitrogens with one attached hydrogen (secondary N) is 1. The molecule has 4 aromatic rings. The van der Waals surface area contributed by atoms with E-state index in [4.69, 9.17) is 20.8 Å². The molecule has 6 nitrogen and oxygen atoms in total. The van der Waals surface area contributed by atoms with Crippen LogP contribution in [-0.4, -0.2) is 15.7 Å². The van der Waals surface area contributed by atoms with Gasteiger partial charge in [0.05, 0.1) is 6.54 Å². The second-order valence-corrected chi connectivity index (χ2v) is 7.79. The van der Waals surface area contributed by atoms with Crippen molar-refractivity contribution in [2.24, 2.45) is 0 Å². The van der Waals surface area contributed by atoms with Crippen molar-refractivity contribution in [1.29, 1.82) is 0 Å². The smallest absolute Gasteiger partial charge is 0.292 e. The van der Waals surface area contributed by atoms with Gasteiger partial charge in [0.2, 0.25) is 0 Å². The number of rotatable bonds is 7. The fourth-order valence-electron chi connectivity index (χ4n) is 3.26. The number of hydrogen-bond acceptors (Lipinski definition) is 4. The first-order valence-corrected chi connectivity index (χ1v) is 10.3. The molecule has 2 heterocycles. The quantitative estimate of drug-likeness (QED) is 0.386. The number of furan rings is 1. The van der Waals surface area contributed by atoms with Crippen LogP contribution in [0.2, 0.25) is 5.02 Å². The average molecular weight is 454 g/mol.